The van der Waals surface area contributed by atoms with Gasteiger partial charge in [0.15, 0.2) is 5.75 Å². The SMILES string of the molecule is CCN(CC)C(=O)CC1NC(=O)c2cc(Oc3cc(C)cc(C)c3)c(NC)cc2NC1=O. The smallest absolute Gasteiger partial charge is 0.254 e. The highest BCUT2D eigenvalue weighted by Crippen LogP contribution is 2.36. The molecule has 170 valence electrons. The summed E-state index contributed by atoms with van der Waals surface area (Å²) < 4.78 is 6.08. The van der Waals surface area contributed by atoms with Gasteiger partial charge in [0.25, 0.3) is 5.91 Å². The van der Waals surface area contributed by atoms with E-state index < -0.39 is 17.9 Å². The molecule has 2 aromatic carbocycles. The molecular formula is C24H30N4O4. The molecule has 3 N–H and O–H groups in total. The molecule has 0 saturated carbocycles. The van der Waals surface area contributed by atoms with Crippen molar-refractivity contribution in [3.05, 3.63) is 47.0 Å². The summed E-state index contributed by atoms with van der Waals surface area (Å²) in [4.78, 5) is 39.8. The van der Waals surface area contributed by atoms with E-state index in [1.54, 1.807) is 24.1 Å². The van der Waals surface area contributed by atoms with Crippen LogP contribution in [0.3, 0.4) is 0 Å². The van der Waals surface area contributed by atoms with E-state index in [2.05, 4.69) is 16.0 Å². The fourth-order valence-electron chi connectivity index (χ4n) is 3.81. The minimum Gasteiger partial charge on any atom is -0.455 e. The van der Waals surface area contributed by atoms with Gasteiger partial charge in [0.05, 0.1) is 23.4 Å². The number of nitrogens with zero attached hydrogens (tertiary/aromatic N) is 1. The number of benzene rings is 2. The van der Waals surface area contributed by atoms with Crippen LogP contribution >= 0.6 is 0 Å². The van der Waals surface area contributed by atoms with Gasteiger partial charge in [-0.2, -0.15) is 0 Å². The van der Waals surface area contributed by atoms with Gasteiger partial charge in [0.2, 0.25) is 11.8 Å². The third-order valence-electron chi connectivity index (χ3n) is 5.43. The lowest BCUT2D eigenvalue weighted by molar-refractivity contribution is -0.133. The number of ether oxygens (including phenoxy) is 1. The Labute approximate surface area is 188 Å². The number of rotatable bonds is 7. The molecule has 0 aliphatic carbocycles. The maximum atomic E-state index is 13.0. The zero-order valence-corrected chi connectivity index (χ0v) is 19.2. The molecule has 0 bridgehead atoms. The van der Waals surface area contributed by atoms with Gasteiger partial charge in [-0.15, -0.1) is 0 Å². The molecule has 0 aromatic heterocycles. The number of fused-ring (bicyclic) bond motifs is 1. The molecule has 0 saturated heterocycles. The van der Waals surface area contributed by atoms with Gasteiger partial charge in [-0.25, -0.2) is 0 Å². The Kier molecular flexibility index (Phi) is 7.02. The van der Waals surface area contributed by atoms with E-state index in [0.29, 0.717) is 36.0 Å². The van der Waals surface area contributed by atoms with Crippen molar-refractivity contribution in [2.24, 2.45) is 0 Å². The van der Waals surface area contributed by atoms with Gasteiger partial charge < -0.3 is 25.6 Å². The first-order chi connectivity index (χ1) is 15.2. The Bertz CT molecular complexity index is 1030. The van der Waals surface area contributed by atoms with Crippen molar-refractivity contribution in [2.75, 3.05) is 30.8 Å². The maximum absolute atomic E-state index is 13.0. The van der Waals surface area contributed by atoms with Gasteiger partial charge in [-0.1, -0.05) is 6.07 Å². The molecule has 2 aromatic rings. The summed E-state index contributed by atoms with van der Waals surface area (Å²) in [7, 11) is 1.74. The zero-order chi connectivity index (χ0) is 23.4. The molecule has 0 fully saturated rings. The first-order valence-electron chi connectivity index (χ1n) is 10.8. The number of nitrogens with one attached hydrogen (secondary N) is 3. The molecule has 1 atom stereocenters. The molecule has 1 aliphatic heterocycles. The van der Waals surface area contributed by atoms with Crippen LogP contribution in [0, 0.1) is 13.8 Å². The molecular weight excluding hydrogens is 408 g/mol. The number of hydrogen-bond donors (Lipinski definition) is 3. The number of aryl methyl sites for hydroxylation is 2. The highest BCUT2D eigenvalue weighted by atomic mass is 16.5. The van der Waals surface area contributed by atoms with Crippen LogP contribution in [0.4, 0.5) is 11.4 Å². The number of amides is 3. The lowest BCUT2D eigenvalue weighted by Crippen LogP contribution is -2.45. The Morgan fingerprint density at radius 1 is 1.06 bits per heavy atom. The van der Waals surface area contributed by atoms with E-state index in [-0.39, 0.29) is 17.9 Å². The van der Waals surface area contributed by atoms with E-state index in [1.165, 1.54) is 0 Å². The largest absolute Gasteiger partial charge is 0.455 e. The van der Waals surface area contributed by atoms with Crippen molar-refractivity contribution < 1.29 is 19.1 Å². The molecule has 1 unspecified atom stereocenters. The van der Waals surface area contributed by atoms with Crippen LogP contribution in [0.25, 0.3) is 0 Å². The fourth-order valence-corrected chi connectivity index (χ4v) is 3.81. The van der Waals surface area contributed by atoms with Crippen LogP contribution in [0.2, 0.25) is 0 Å². The summed E-state index contributed by atoms with van der Waals surface area (Å²) in [6.07, 6.45) is -0.0992. The van der Waals surface area contributed by atoms with Crippen LogP contribution in [0.5, 0.6) is 11.5 Å². The summed E-state index contributed by atoms with van der Waals surface area (Å²) in [5.74, 6) is 0.0560. The van der Waals surface area contributed by atoms with E-state index in [1.807, 2.05) is 45.9 Å². The lowest BCUT2D eigenvalue weighted by atomic mass is 10.1. The first kappa shape index (κ1) is 23.1. The minimum atomic E-state index is -0.954. The highest BCUT2D eigenvalue weighted by Gasteiger charge is 2.31. The van der Waals surface area contributed by atoms with Gasteiger partial charge >= 0.3 is 0 Å². The number of carbonyl (C=O) groups excluding carboxylic acids is 3. The molecule has 32 heavy (non-hydrogen) atoms. The topological polar surface area (TPSA) is 99.8 Å². The van der Waals surface area contributed by atoms with E-state index in [0.717, 1.165) is 11.1 Å². The van der Waals surface area contributed by atoms with Crippen LogP contribution in [0.1, 0.15) is 41.8 Å². The number of carbonyl (C=O) groups is 3. The Morgan fingerprint density at radius 2 is 1.72 bits per heavy atom. The Hall–Kier alpha value is -3.55. The van der Waals surface area contributed by atoms with Crippen molar-refractivity contribution in [3.8, 4) is 11.5 Å². The van der Waals surface area contributed by atoms with Crippen molar-refractivity contribution in [2.45, 2.75) is 40.2 Å². The molecule has 0 radical (unpaired) electrons. The normalized spacial score (nSPS) is 15.2. The van der Waals surface area contributed by atoms with Crippen LogP contribution < -0.4 is 20.7 Å². The average molecular weight is 439 g/mol. The minimum absolute atomic E-state index is 0.0992. The number of hydrogen-bond acceptors (Lipinski definition) is 5. The predicted octanol–water partition coefficient (Wildman–Crippen LogP) is 3.45. The summed E-state index contributed by atoms with van der Waals surface area (Å²) in [5.41, 5.74) is 3.38. The molecule has 8 heteroatoms. The summed E-state index contributed by atoms with van der Waals surface area (Å²) in [6, 6.07) is 8.18. The summed E-state index contributed by atoms with van der Waals surface area (Å²) in [6.45, 7) is 8.81. The maximum Gasteiger partial charge on any atom is 0.254 e. The van der Waals surface area contributed by atoms with E-state index >= 15 is 0 Å². The van der Waals surface area contributed by atoms with E-state index in [9.17, 15) is 14.4 Å². The molecule has 3 rings (SSSR count). The second-order valence-electron chi connectivity index (χ2n) is 7.85. The fraction of sp³-hybridized carbons (Fsp3) is 0.375. The summed E-state index contributed by atoms with van der Waals surface area (Å²) in [5, 5.41) is 8.52. The third-order valence-corrected chi connectivity index (χ3v) is 5.43. The Balaban J connectivity index is 1.90. The predicted molar refractivity (Wildman–Crippen MR) is 124 cm³/mol. The van der Waals surface area contributed by atoms with E-state index in [4.69, 9.17) is 4.74 Å². The van der Waals surface area contributed by atoms with Crippen molar-refractivity contribution >= 4 is 29.1 Å². The van der Waals surface area contributed by atoms with Gasteiger partial charge in [-0.3, -0.25) is 14.4 Å². The van der Waals surface area contributed by atoms with Crippen LogP contribution in [-0.4, -0.2) is 48.8 Å². The van der Waals surface area contributed by atoms with Gasteiger partial charge in [-0.05, 0) is 63.1 Å². The average Bonchev–Trinajstić information content (AvgIpc) is 2.84. The lowest BCUT2D eigenvalue weighted by Gasteiger charge is -2.21. The van der Waals surface area contributed by atoms with Gasteiger partial charge in [0.1, 0.15) is 11.8 Å². The second kappa shape index (κ2) is 9.72. The standard InChI is InChI=1S/C24H30N4O4/c1-6-28(7-2)22(29)13-20-24(31)26-18-12-19(25-5)21(11-17(18)23(30)27-20)32-16-9-14(3)8-15(4)10-16/h8-12,20,25H,6-7,13H2,1-5H3,(H,26,31)(H,27,30). The Morgan fingerprint density at radius 3 is 2.31 bits per heavy atom. The van der Waals surface area contributed by atoms with Crippen molar-refractivity contribution in [1.82, 2.24) is 10.2 Å². The number of anilines is 2. The molecule has 3 amide bonds. The first-order valence-corrected chi connectivity index (χ1v) is 10.8. The summed E-state index contributed by atoms with van der Waals surface area (Å²) >= 11 is 0. The van der Waals surface area contributed by atoms with Gasteiger partial charge in [0, 0.05) is 20.1 Å². The van der Waals surface area contributed by atoms with Crippen LogP contribution in [0.15, 0.2) is 30.3 Å². The quantitative estimate of drug-likeness (QED) is 0.615. The van der Waals surface area contributed by atoms with Crippen LogP contribution in [-0.2, 0) is 9.59 Å². The van der Waals surface area contributed by atoms with Crippen molar-refractivity contribution in [3.63, 3.8) is 0 Å². The monoisotopic (exact) mass is 438 g/mol. The zero-order valence-electron chi connectivity index (χ0n) is 19.2. The second-order valence-corrected chi connectivity index (χ2v) is 7.85. The highest BCUT2D eigenvalue weighted by molar-refractivity contribution is 6.11. The molecule has 1 heterocycles. The third kappa shape index (κ3) is 5.01. The van der Waals surface area contributed by atoms with Crippen molar-refractivity contribution in [1.29, 1.82) is 0 Å². The molecule has 8 nitrogen and oxygen atoms in total. The molecule has 1 aliphatic rings. The molecule has 0 spiro atoms.